The van der Waals surface area contributed by atoms with Gasteiger partial charge in [0.25, 0.3) is 8.32 Å². The standard InChI is InChI=1S/C28H34O5Si/c1-19-20(18-24(29)30)17-23(26-25(19)31-28(5,6)32-26)33-34(27(2,3)4,21-13-9-7-10-14-21)22-15-11-8-12-16-22/h7-16,18,23,25-26H,1,17H2,2-6H3,(H,29,30). The van der Waals surface area contributed by atoms with E-state index in [9.17, 15) is 9.90 Å². The van der Waals surface area contributed by atoms with Crippen LogP contribution >= 0.6 is 0 Å². The predicted octanol–water partition coefficient (Wildman–Crippen LogP) is 4.42. The number of hydrogen-bond donors (Lipinski definition) is 1. The summed E-state index contributed by atoms with van der Waals surface area (Å²) in [5, 5.41) is 11.6. The number of benzene rings is 2. The molecule has 1 aliphatic carbocycles. The van der Waals surface area contributed by atoms with E-state index in [1.807, 2.05) is 26.0 Å². The summed E-state index contributed by atoms with van der Waals surface area (Å²) in [6, 6.07) is 20.8. The number of hydrogen-bond acceptors (Lipinski definition) is 4. The maximum Gasteiger partial charge on any atom is 0.328 e. The third-order valence-electron chi connectivity index (χ3n) is 6.72. The van der Waals surface area contributed by atoms with Gasteiger partial charge in [-0.05, 0) is 40.4 Å². The Morgan fingerprint density at radius 2 is 1.59 bits per heavy atom. The highest BCUT2D eigenvalue weighted by molar-refractivity contribution is 6.99. The molecule has 4 rings (SSSR count). The van der Waals surface area contributed by atoms with Crippen molar-refractivity contribution in [1.82, 2.24) is 0 Å². The van der Waals surface area contributed by atoms with Crippen molar-refractivity contribution in [3.63, 3.8) is 0 Å². The van der Waals surface area contributed by atoms with E-state index in [2.05, 4.69) is 75.9 Å². The molecule has 2 aliphatic rings. The van der Waals surface area contributed by atoms with Crippen LogP contribution in [-0.2, 0) is 18.7 Å². The molecule has 180 valence electrons. The Bertz CT molecular complexity index is 1050. The first-order chi connectivity index (χ1) is 15.9. The molecule has 5 nitrogen and oxygen atoms in total. The van der Waals surface area contributed by atoms with Crippen LogP contribution in [0.25, 0.3) is 0 Å². The molecule has 3 atom stereocenters. The smallest absolute Gasteiger partial charge is 0.328 e. The van der Waals surface area contributed by atoms with Gasteiger partial charge in [-0.1, -0.05) is 88.0 Å². The third-order valence-corrected chi connectivity index (χ3v) is 11.8. The molecule has 0 radical (unpaired) electrons. The summed E-state index contributed by atoms with van der Waals surface area (Å²) < 4.78 is 19.9. The first kappa shape index (κ1) is 24.6. The maximum atomic E-state index is 11.6. The molecule has 6 heteroatoms. The van der Waals surface area contributed by atoms with Crippen molar-refractivity contribution in [2.75, 3.05) is 0 Å². The van der Waals surface area contributed by atoms with Crippen LogP contribution in [0, 0.1) is 0 Å². The van der Waals surface area contributed by atoms with Gasteiger partial charge in [-0.15, -0.1) is 0 Å². The molecule has 1 N–H and O–H groups in total. The minimum atomic E-state index is -2.87. The molecule has 2 fully saturated rings. The van der Waals surface area contributed by atoms with Crippen LogP contribution in [0.1, 0.15) is 41.0 Å². The van der Waals surface area contributed by atoms with Crippen molar-refractivity contribution in [2.45, 2.75) is 70.2 Å². The summed E-state index contributed by atoms with van der Waals surface area (Å²) in [5.41, 5.74) is 1.29. The van der Waals surface area contributed by atoms with Gasteiger partial charge in [-0.2, -0.15) is 0 Å². The highest BCUT2D eigenvalue weighted by Crippen LogP contribution is 2.45. The van der Waals surface area contributed by atoms with Crippen LogP contribution in [0.5, 0.6) is 0 Å². The summed E-state index contributed by atoms with van der Waals surface area (Å²) in [4.78, 5) is 11.6. The van der Waals surface area contributed by atoms with E-state index in [4.69, 9.17) is 13.9 Å². The van der Waals surface area contributed by atoms with Gasteiger partial charge < -0.3 is 19.0 Å². The van der Waals surface area contributed by atoms with Crippen molar-refractivity contribution >= 4 is 24.7 Å². The Morgan fingerprint density at radius 3 is 2.06 bits per heavy atom. The van der Waals surface area contributed by atoms with Gasteiger partial charge in [0.2, 0.25) is 0 Å². The number of aliphatic carboxylic acids is 1. The number of fused-ring (bicyclic) bond motifs is 1. The molecule has 34 heavy (non-hydrogen) atoms. The molecule has 3 unspecified atom stereocenters. The molecule has 1 heterocycles. The van der Waals surface area contributed by atoms with Gasteiger partial charge in [0.05, 0.1) is 6.10 Å². The first-order valence-corrected chi connectivity index (χ1v) is 13.6. The lowest BCUT2D eigenvalue weighted by Crippen LogP contribution is -2.69. The first-order valence-electron chi connectivity index (χ1n) is 11.7. The summed E-state index contributed by atoms with van der Waals surface area (Å²) >= 11 is 0. The highest BCUT2D eigenvalue weighted by atomic mass is 28.4. The number of ether oxygens (including phenoxy) is 2. The predicted molar refractivity (Wildman–Crippen MR) is 136 cm³/mol. The number of carboxylic acid groups (broad SMARTS) is 1. The van der Waals surface area contributed by atoms with Gasteiger partial charge in [-0.25, -0.2) is 4.79 Å². The molecule has 0 bridgehead atoms. The fourth-order valence-electron chi connectivity index (χ4n) is 5.30. The van der Waals surface area contributed by atoms with Gasteiger partial charge in [0, 0.05) is 12.5 Å². The second-order valence-electron chi connectivity index (χ2n) is 10.6. The average Bonchev–Trinajstić information content (AvgIpc) is 3.11. The van der Waals surface area contributed by atoms with Crippen molar-refractivity contribution in [2.24, 2.45) is 0 Å². The Kier molecular flexibility index (Phi) is 6.46. The lowest BCUT2D eigenvalue weighted by atomic mass is 9.84. The zero-order valence-corrected chi connectivity index (χ0v) is 21.6. The molecule has 2 aromatic carbocycles. The number of carbonyl (C=O) groups is 1. The largest absolute Gasteiger partial charge is 0.478 e. The Morgan fingerprint density at radius 1 is 1.06 bits per heavy atom. The number of carboxylic acids is 1. The number of rotatable bonds is 5. The van der Waals surface area contributed by atoms with E-state index in [1.165, 1.54) is 6.08 Å². The lowest BCUT2D eigenvalue weighted by molar-refractivity contribution is -0.151. The molecular formula is C28H34O5Si. The van der Waals surface area contributed by atoms with Crippen molar-refractivity contribution in [3.8, 4) is 0 Å². The van der Waals surface area contributed by atoms with E-state index >= 15 is 0 Å². The van der Waals surface area contributed by atoms with Gasteiger partial charge in [0.15, 0.2) is 5.79 Å². The van der Waals surface area contributed by atoms with Crippen LogP contribution in [0.15, 0.2) is 84.5 Å². The van der Waals surface area contributed by atoms with Gasteiger partial charge in [0.1, 0.15) is 12.2 Å². The normalized spacial score (nSPS) is 25.9. The average molecular weight is 479 g/mol. The molecule has 0 spiro atoms. The molecule has 2 aromatic rings. The van der Waals surface area contributed by atoms with Crippen molar-refractivity contribution in [1.29, 1.82) is 0 Å². The summed E-state index contributed by atoms with van der Waals surface area (Å²) in [7, 11) is -2.87. The van der Waals surface area contributed by atoms with Gasteiger partial charge in [-0.3, -0.25) is 0 Å². The zero-order chi connectivity index (χ0) is 24.7. The Labute approximate surface area is 203 Å². The van der Waals surface area contributed by atoms with E-state index in [0.717, 1.165) is 10.4 Å². The second-order valence-corrected chi connectivity index (χ2v) is 14.8. The van der Waals surface area contributed by atoms with E-state index in [1.54, 1.807) is 0 Å². The molecule has 1 saturated carbocycles. The van der Waals surface area contributed by atoms with Crippen LogP contribution in [0.2, 0.25) is 5.04 Å². The van der Waals surface area contributed by atoms with Crippen LogP contribution < -0.4 is 10.4 Å². The Hall–Kier alpha value is -2.51. The van der Waals surface area contributed by atoms with Crippen molar-refractivity contribution < 1.29 is 23.8 Å². The zero-order valence-electron chi connectivity index (χ0n) is 20.6. The topological polar surface area (TPSA) is 65.0 Å². The lowest BCUT2D eigenvalue weighted by Gasteiger charge is -2.47. The summed E-state index contributed by atoms with van der Waals surface area (Å²) in [5.74, 6) is -1.82. The van der Waals surface area contributed by atoms with Crippen LogP contribution in [0.3, 0.4) is 0 Å². The van der Waals surface area contributed by atoms with E-state index < -0.39 is 32.3 Å². The second kappa shape index (κ2) is 8.93. The van der Waals surface area contributed by atoms with E-state index in [-0.39, 0.29) is 11.1 Å². The fraction of sp³-hybridized carbons (Fsp3) is 0.393. The Balaban J connectivity index is 1.88. The molecule has 1 saturated heterocycles. The monoisotopic (exact) mass is 478 g/mol. The quantitative estimate of drug-likeness (QED) is 0.509. The molecule has 1 aliphatic heterocycles. The minimum Gasteiger partial charge on any atom is -0.478 e. The molecule has 0 amide bonds. The highest BCUT2D eigenvalue weighted by Gasteiger charge is 2.56. The van der Waals surface area contributed by atoms with Crippen molar-refractivity contribution in [3.05, 3.63) is 84.5 Å². The third kappa shape index (κ3) is 4.43. The minimum absolute atomic E-state index is 0.217. The SMILES string of the molecule is C=C1C(=CC(=O)O)CC(O[Si](c2ccccc2)(c2ccccc2)C(C)(C)C)C2OC(C)(C)OC12. The maximum absolute atomic E-state index is 11.6. The van der Waals surface area contributed by atoms with Gasteiger partial charge >= 0.3 is 5.97 Å². The summed E-state index contributed by atoms with van der Waals surface area (Å²) in [6.45, 7) is 14.6. The van der Waals surface area contributed by atoms with Crippen LogP contribution in [0.4, 0.5) is 0 Å². The fourth-order valence-corrected chi connectivity index (χ4v) is 9.99. The summed E-state index contributed by atoms with van der Waals surface area (Å²) in [6.07, 6.45) is 0.396. The van der Waals surface area contributed by atoms with E-state index in [0.29, 0.717) is 17.6 Å². The van der Waals surface area contributed by atoms with Crippen LogP contribution in [-0.4, -0.2) is 43.5 Å². The molecule has 0 aromatic heterocycles. The molecular weight excluding hydrogens is 444 g/mol.